The number of halogens is 1. The molecule has 1 saturated heterocycles. The van der Waals surface area contributed by atoms with Gasteiger partial charge in [0.15, 0.2) is 0 Å². The molecule has 1 aliphatic carbocycles. The Balaban J connectivity index is 1.84. The number of rotatable bonds is 5. The Bertz CT molecular complexity index is 689. The van der Waals surface area contributed by atoms with E-state index in [4.69, 9.17) is 16.3 Å². The van der Waals surface area contributed by atoms with Crippen molar-refractivity contribution < 1.29 is 19.2 Å². The van der Waals surface area contributed by atoms with E-state index in [9.17, 15) is 9.59 Å². The molecule has 1 aromatic carbocycles. The largest absolute Gasteiger partial charge is 0.353 e. The number of carbonyl (C=O) groups is 2. The van der Waals surface area contributed by atoms with Crippen molar-refractivity contribution >= 4 is 23.4 Å². The van der Waals surface area contributed by atoms with Crippen molar-refractivity contribution in [1.82, 2.24) is 10.2 Å². The second-order valence-electron chi connectivity index (χ2n) is 7.77. The Hall–Kier alpha value is -1.63. The van der Waals surface area contributed by atoms with Crippen molar-refractivity contribution in [2.45, 2.75) is 43.9 Å². The van der Waals surface area contributed by atoms with Crippen molar-refractivity contribution in [3.8, 4) is 0 Å². The van der Waals surface area contributed by atoms with Crippen LogP contribution in [0.3, 0.4) is 0 Å². The number of likely N-dealkylation sites (N-methyl/N-ethyl adjacent to an activating group) is 1. The van der Waals surface area contributed by atoms with Crippen LogP contribution in [0.1, 0.15) is 42.5 Å². The molecule has 0 aromatic heterocycles. The summed E-state index contributed by atoms with van der Waals surface area (Å²) in [5, 5.41) is 3.47. The Morgan fingerprint density at radius 3 is 2.70 bits per heavy atom. The summed E-state index contributed by atoms with van der Waals surface area (Å²) in [6.07, 6.45) is 4.66. The minimum Gasteiger partial charge on any atom is -0.353 e. The lowest BCUT2D eigenvalue weighted by atomic mass is 9.89. The predicted octanol–water partition coefficient (Wildman–Crippen LogP) is 1.10. The second-order valence-corrected chi connectivity index (χ2v) is 8.20. The summed E-state index contributed by atoms with van der Waals surface area (Å²) in [5.41, 5.74) is -0.180. The van der Waals surface area contributed by atoms with Crippen molar-refractivity contribution in [1.29, 1.82) is 0 Å². The third kappa shape index (κ3) is 4.45. The van der Waals surface area contributed by atoms with E-state index in [1.807, 2.05) is 14.1 Å². The predicted molar refractivity (Wildman–Crippen MR) is 104 cm³/mol. The van der Waals surface area contributed by atoms with Gasteiger partial charge in [0.25, 0.3) is 5.91 Å². The molecule has 1 heterocycles. The molecule has 2 amide bonds. The van der Waals surface area contributed by atoms with Gasteiger partial charge in [-0.15, -0.1) is 0 Å². The highest BCUT2D eigenvalue weighted by Gasteiger charge is 2.52. The van der Waals surface area contributed by atoms with Crippen LogP contribution in [0, 0.1) is 0 Å². The van der Waals surface area contributed by atoms with E-state index < -0.39 is 11.8 Å². The van der Waals surface area contributed by atoms with E-state index in [1.165, 1.54) is 4.90 Å². The molecule has 1 aliphatic heterocycles. The lowest BCUT2D eigenvalue weighted by molar-refractivity contribution is -0.856. The van der Waals surface area contributed by atoms with E-state index in [0.29, 0.717) is 17.1 Å². The van der Waals surface area contributed by atoms with Crippen LogP contribution in [0.15, 0.2) is 24.3 Å². The van der Waals surface area contributed by atoms with Crippen LogP contribution in [0.2, 0.25) is 5.02 Å². The Labute approximate surface area is 165 Å². The molecule has 1 spiro atoms. The van der Waals surface area contributed by atoms with Gasteiger partial charge in [-0.25, -0.2) is 0 Å². The summed E-state index contributed by atoms with van der Waals surface area (Å²) in [4.78, 5) is 29.2. The van der Waals surface area contributed by atoms with Crippen molar-refractivity contribution in [3.05, 3.63) is 34.9 Å². The number of carbonyl (C=O) groups excluding carboxylic acids is 2. The molecule has 1 aromatic rings. The molecule has 1 saturated carbocycles. The molecule has 0 radical (unpaired) electrons. The maximum Gasteiger partial charge on any atom is 0.256 e. The summed E-state index contributed by atoms with van der Waals surface area (Å²) >= 11 is 6.09. The molecule has 1 atom stereocenters. The van der Waals surface area contributed by atoms with Crippen LogP contribution in [-0.2, 0) is 9.53 Å². The number of amides is 2. The monoisotopic (exact) mass is 394 g/mol. The van der Waals surface area contributed by atoms with Crippen molar-refractivity contribution in [3.63, 3.8) is 0 Å². The lowest BCUT2D eigenvalue weighted by Gasteiger charge is -2.41. The number of ether oxygens (including phenoxy) is 1. The van der Waals surface area contributed by atoms with Crippen LogP contribution in [0.5, 0.6) is 0 Å². The first-order valence-electron chi connectivity index (χ1n) is 9.73. The average Bonchev–Trinajstić information content (AvgIpc) is 3.00. The summed E-state index contributed by atoms with van der Waals surface area (Å²) in [6.45, 7) is 1.64. The molecule has 27 heavy (non-hydrogen) atoms. The third-order valence-electron chi connectivity index (χ3n) is 5.41. The Morgan fingerprint density at radius 1 is 1.30 bits per heavy atom. The molecule has 148 valence electrons. The fraction of sp³-hybridized carbons (Fsp3) is 0.600. The molecule has 0 bridgehead atoms. The number of nitrogens with one attached hydrogen (secondary N) is 2. The Morgan fingerprint density at radius 2 is 2.04 bits per heavy atom. The van der Waals surface area contributed by atoms with E-state index in [-0.39, 0.29) is 18.4 Å². The topological polar surface area (TPSA) is 63.1 Å². The van der Waals surface area contributed by atoms with Gasteiger partial charge < -0.3 is 15.0 Å². The third-order valence-corrected chi connectivity index (χ3v) is 5.65. The minimum atomic E-state index is -0.674. The number of hydrogen-bond donors (Lipinski definition) is 2. The number of quaternary nitrogens is 1. The summed E-state index contributed by atoms with van der Waals surface area (Å²) in [6, 6.07) is 6.29. The number of benzene rings is 1. The molecule has 3 rings (SSSR count). The Kier molecular flexibility index (Phi) is 6.40. The van der Waals surface area contributed by atoms with E-state index in [0.717, 1.165) is 38.6 Å². The van der Waals surface area contributed by atoms with Gasteiger partial charge >= 0.3 is 0 Å². The molecule has 6 nitrogen and oxygen atoms in total. The highest BCUT2D eigenvalue weighted by atomic mass is 35.5. The quantitative estimate of drug-likeness (QED) is 0.786. The fourth-order valence-corrected chi connectivity index (χ4v) is 4.18. The smallest absolute Gasteiger partial charge is 0.256 e. The van der Waals surface area contributed by atoms with Gasteiger partial charge in [0.1, 0.15) is 11.8 Å². The first kappa shape index (κ1) is 20.1. The van der Waals surface area contributed by atoms with Gasteiger partial charge in [-0.3, -0.25) is 14.5 Å². The first-order chi connectivity index (χ1) is 12.9. The molecule has 7 heteroatoms. The maximum atomic E-state index is 13.4. The average molecular weight is 395 g/mol. The minimum absolute atomic E-state index is 0.144. The van der Waals surface area contributed by atoms with Gasteiger partial charge in [-0.05, 0) is 43.9 Å². The molecular formula is C20H29ClN3O3+. The van der Waals surface area contributed by atoms with Crippen LogP contribution < -0.4 is 10.2 Å². The normalized spacial score (nSPS) is 21.6. The zero-order chi connectivity index (χ0) is 19.4. The summed E-state index contributed by atoms with van der Waals surface area (Å²) in [7, 11) is 4.08. The SMILES string of the molecule is C[NH+](C)CCNC(=O)[C@H]1COC2(CCCCC2)N1C(=O)c1cccc(Cl)c1. The zero-order valence-electron chi connectivity index (χ0n) is 16.1. The first-order valence-corrected chi connectivity index (χ1v) is 10.1. The van der Waals surface area contributed by atoms with Crippen LogP contribution >= 0.6 is 11.6 Å². The van der Waals surface area contributed by atoms with Gasteiger partial charge in [-0.1, -0.05) is 24.1 Å². The van der Waals surface area contributed by atoms with Crippen LogP contribution in [0.4, 0.5) is 0 Å². The van der Waals surface area contributed by atoms with Gasteiger partial charge in [0.05, 0.1) is 33.8 Å². The van der Waals surface area contributed by atoms with Crippen LogP contribution in [0.25, 0.3) is 0 Å². The molecular weight excluding hydrogens is 366 g/mol. The van der Waals surface area contributed by atoms with Gasteiger partial charge in [0, 0.05) is 10.6 Å². The van der Waals surface area contributed by atoms with Crippen LogP contribution in [-0.4, -0.2) is 62.3 Å². The molecule has 2 N–H and O–H groups in total. The highest BCUT2D eigenvalue weighted by molar-refractivity contribution is 6.31. The molecule has 2 aliphatic rings. The number of hydrogen-bond acceptors (Lipinski definition) is 3. The van der Waals surface area contributed by atoms with Gasteiger partial charge in [0.2, 0.25) is 5.91 Å². The van der Waals surface area contributed by atoms with Gasteiger partial charge in [-0.2, -0.15) is 0 Å². The standard InChI is InChI=1S/C20H28ClN3O3/c1-23(2)12-11-22-18(25)17-14-27-20(9-4-3-5-10-20)24(17)19(26)15-7-6-8-16(21)13-15/h6-8,13,17H,3-5,9-12,14H2,1-2H3,(H,22,25)/p+1/t17-/m1/s1. The summed E-state index contributed by atoms with van der Waals surface area (Å²) in [5.74, 6) is -0.329. The second kappa shape index (κ2) is 8.59. The lowest BCUT2D eigenvalue weighted by Crippen LogP contribution is -3.06. The number of nitrogens with zero attached hydrogens (tertiary/aromatic N) is 1. The summed E-state index contributed by atoms with van der Waals surface area (Å²) < 4.78 is 6.13. The van der Waals surface area contributed by atoms with E-state index in [1.54, 1.807) is 29.2 Å². The van der Waals surface area contributed by atoms with Crippen molar-refractivity contribution in [2.75, 3.05) is 33.8 Å². The fourth-order valence-electron chi connectivity index (χ4n) is 3.99. The molecule has 2 fully saturated rings. The highest BCUT2D eigenvalue weighted by Crippen LogP contribution is 2.41. The zero-order valence-corrected chi connectivity index (χ0v) is 16.8. The van der Waals surface area contributed by atoms with E-state index >= 15 is 0 Å². The van der Waals surface area contributed by atoms with Crippen molar-refractivity contribution in [2.24, 2.45) is 0 Å². The maximum absolute atomic E-state index is 13.4. The van der Waals surface area contributed by atoms with E-state index in [2.05, 4.69) is 5.32 Å². The molecule has 0 unspecified atom stereocenters.